The molecule has 116 valence electrons. The predicted molar refractivity (Wildman–Crippen MR) is 70.4 cm³/mol. The highest BCUT2D eigenvalue weighted by molar-refractivity contribution is 5.89. The van der Waals surface area contributed by atoms with E-state index in [9.17, 15) is 14.4 Å². The SMILES string of the molecule is CCNC(=O)CCn1nnc(C(=O)OC)c1CC(=O)OC. The van der Waals surface area contributed by atoms with Gasteiger partial charge in [-0.25, -0.2) is 9.48 Å². The van der Waals surface area contributed by atoms with Gasteiger partial charge in [-0.3, -0.25) is 9.59 Å². The molecule has 0 fully saturated rings. The quantitative estimate of drug-likeness (QED) is 0.663. The lowest BCUT2D eigenvalue weighted by Crippen LogP contribution is -2.24. The van der Waals surface area contributed by atoms with Crippen LogP contribution in [0, 0.1) is 0 Å². The Bertz CT molecular complexity index is 526. The molecule has 1 N–H and O–H groups in total. The van der Waals surface area contributed by atoms with Crippen molar-refractivity contribution in [2.45, 2.75) is 26.3 Å². The van der Waals surface area contributed by atoms with Gasteiger partial charge in [0.25, 0.3) is 0 Å². The standard InChI is InChI=1S/C12H18N4O5/c1-4-13-9(17)5-6-16-8(7-10(18)20-2)11(14-15-16)12(19)21-3/h4-7H2,1-3H3,(H,13,17). The Morgan fingerprint density at radius 2 is 1.95 bits per heavy atom. The van der Waals surface area contributed by atoms with Gasteiger partial charge in [0.15, 0.2) is 5.69 Å². The van der Waals surface area contributed by atoms with Crippen LogP contribution in [0.2, 0.25) is 0 Å². The second-order valence-corrected chi connectivity index (χ2v) is 4.06. The van der Waals surface area contributed by atoms with Gasteiger partial charge < -0.3 is 14.8 Å². The van der Waals surface area contributed by atoms with Crippen molar-refractivity contribution in [2.24, 2.45) is 0 Å². The van der Waals surface area contributed by atoms with Gasteiger partial charge in [0, 0.05) is 13.0 Å². The summed E-state index contributed by atoms with van der Waals surface area (Å²) < 4.78 is 10.5. The Labute approximate surface area is 121 Å². The minimum absolute atomic E-state index is 0.0567. The van der Waals surface area contributed by atoms with E-state index in [1.54, 1.807) is 0 Å². The van der Waals surface area contributed by atoms with Gasteiger partial charge in [0.2, 0.25) is 5.91 Å². The maximum absolute atomic E-state index is 11.6. The van der Waals surface area contributed by atoms with Crippen LogP contribution in [0.5, 0.6) is 0 Å². The van der Waals surface area contributed by atoms with Crippen molar-refractivity contribution >= 4 is 17.8 Å². The lowest BCUT2D eigenvalue weighted by molar-refractivity contribution is -0.139. The Hall–Kier alpha value is -2.45. The minimum Gasteiger partial charge on any atom is -0.469 e. The molecule has 0 saturated heterocycles. The number of amides is 1. The maximum atomic E-state index is 11.6. The smallest absolute Gasteiger partial charge is 0.360 e. The van der Waals surface area contributed by atoms with E-state index >= 15 is 0 Å². The van der Waals surface area contributed by atoms with Gasteiger partial charge >= 0.3 is 11.9 Å². The van der Waals surface area contributed by atoms with Gasteiger partial charge in [0.05, 0.1) is 32.9 Å². The summed E-state index contributed by atoms with van der Waals surface area (Å²) in [4.78, 5) is 34.4. The van der Waals surface area contributed by atoms with Crippen LogP contribution >= 0.6 is 0 Å². The fraction of sp³-hybridized carbons (Fsp3) is 0.583. The third-order valence-corrected chi connectivity index (χ3v) is 2.68. The second-order valence-electron chi connectivity index (χ2n) is 4.06. The van der Waals surface area contributed by atoms with Gasteiger partial charge in [0.1, 0.15) is 0 Å². The Kier molecular flexibility index (Phi) is 6.31. The van der Waals surface area contributed by atoms with Crippen LogP contribution < -0.4 is 5.32 Å². The number of carbonyl (C=O) groups excluding carboxylic acids is 3. The highest BCUT2D eigenvalue weighted by Gasteiger charge is 2.23. The van der Waals surface area contributed by atoms with E-state index in [1.807, 2.05) is 6.92 Å². The second kappa shape index (κ2) is 7.98. The van der Waals surface area contributed by atoms with E-state index in [4.69, 9.17) is 0 Å². The predicted octanol–water partition coefficient (Wildman–Crippen LogP) is -0.694. The number of nitrogens with zero attached hydrogens (tertiary/aromatic N) is 3. The zero-order chi connectivity index (χ0) is 15.8. The number of aromatic nitrogens is 3. The normalized spacial score (nSPS) is 10.0. The highest BCUT2D eigenvalue weighted by Crippen LogP contribution is 2.09. The average Bonchev–Trinajstić information content (AvgIpc) is 2.87. The molecule has 1 amide bonds. The van der Waals surface area contributed by atoms with Crippen LogP contribution in [0.15, 0.2) is 0 Å². The first-order valence-electron chi connectivity index (χ1n) is 6.37. The summed E-state index contributed by atoms with van der Waals surface area (Å²) in [6.07, 6.45) is -0.0185. The van der Waals surface area contributed by atoms with E-state index in [0.717, 1.165) is 0 Å². The number of nitrogens with one attached hydrogen (secondary N) is 1. The van der Waals surface area contributed by atoms with Crippen molar-refractivity contribution in [3.8, 4) is 0 Å². The lowest BCUT2D eigenvalue weighted by atomic mass is 10.2. The molecule has 0 saturated carbocycles. The van der Waals surface area contributed by atoms with Crippen molar-refractivity contribution in [1.29, 1.82) is 0 Å². The Morgan fingerprint density at radius 3 is 2.52 bits per heavy atom. The van der Waals surface area contributed by atoms with Crippen molar-refractivity contribution in [1.82, 2.24) is 20.3 Å². The number of esters is 2. The fourth-order valence-corrected chi connectivity index (χ4v) is 1.64. The summed E-state index contributed by atoms with van der Waals surface area (Å²) in [7, 11) is 2.45. The van der Waals surface area contributed by atoms with Crippen molar-refractivity contribution in [3.63, 3.8) is 0 Å². The molecule has 1 aromatic rings. The number of carbonyl (C=O) groups is 3. The van der Waals surface area contributed by atoms with E-state index < -0.39 is 11.9 Å². The van der Waals surface area contributed by atoms with Crippen LogP contribution in [-0.2, 0) is 32.0 Å². The monoisotopic (exact) mass is 298 g/mol. The topological polar surface area (TPSA) is 112 Å². The molecule has 1 heterocycles. The summed E-state index contributed by atoms with van der Waals surface area (Å²) in [5.41, 5.74) is 0.205. The van der Waals surface area contributed by atoms with Gasteiger partial charge in [-0.05, 0) is 6.92 Å². The van der Waals surface area contributed by atoms with Crippen molar-refractivity contribution in [3.05, 3.63) is 11.4 Å². The van der Waals surface area contributed by atoms with Crippen LogP contribution in [0.4, 0.5) is 0 Å². The van der Waals surface area contributed by atoms with Crippen LogP contribution in [0.25, 0.3) is 0 Å². The number of rotatable bonds is 7. The zero-order valence-electron chi connectivity index (χ0n) is 12.2. The largest absolute Gasteiger partial charge is 0.469 e. The molecular weight excluding hydrogens is 280 g/mol. The number of aryl methyl sites for hydroxylation is 1. The average molecular weight is 298 g/mol. The van der Waals surface area contributed by atoms with E-state index in [0.29, 0.717) is 6.54 Å². The molecule has 0 atom stereocenters. The molecule has 21 heavy (non-hydrogen) atoms. The molecular formula is C12H18N4O5. The highest BCUT2D eigenvalue weighted by atomic mass is 16.5. The first-order valence-corrected chi connectivity index (χ1v) is 6.37. The lowest BCUT2D eigenvalue weighted by Gasteiger charge is -2.07. The summed E-state index contributed by atoms with van der Waals surface area (Å²) in [6, 6.07) is 0. The number of methoxy groups -OCH3 is 2. The maximum Gasteiger partial charge on any atom is 0.360 e. The molecule has 9 heteroatoms. The van der Waals surface area contributed by atoms with Gasteiger partial charge in [-0.1, -0.05) is 5.21 Å². The third-order valence-electron chi connectivity index (χ3n) is 2.68. The molecule has 1 aromatic heterocycles. The first kappa shape index (κ1) is 16.6. The van der Waals surface area contributed by atoms with E-state index in [1.165, 1.54) is 18.9 Å². The molecule has 0 radical (unpaired) electrons. The first-order chi connectivity index (χ1) is 10.0. The van der Waals surface area contributed by atoms with E-state index in [-0.39, 0.29) is 36.7 Å². The number of hydrogen-bond donors (Lipinski definition) is 1. The molecule has 0 spiro atoms. The third kappa shape index (κ3) is 4.55. The molecule has 0 aromatic carbocycles. The van der Waals surface area contributed by atoms with Gasteiger partial charge in [-0.2, -0.15) is 0 Å². The minimum atomic E-state index is -0.696. The summed E-state index contributed by atoms with van der Waals surface area (Å²) in [6.45, 7) is 2.53. The molecule has 1 rings (SSSR count). The Balaban J connectivity index is 2.92. The molecule has 9 nitrogen and oxygen atoms in total. The molecule has 0 bridgehead atoms. The van der Waals surface area contributed by atoms with Crippen molar-refractivity contribution in [2.75, 3.05) is 20.8 Å². The van der Waals surface area contributed by atoms with Crippen LogP contribution in [0.3, 0.4) is 0 Å². The van der Waals surface area contributed by atoms with Gasteiger partial charge in [-0.15, -0.1) is 5.10 Å². The summed E-state index contributed by atoms with van der Waals surface area (Å²) >= 11 is 0. The Morgan fingerprint density at radius 1 is 1.24 bits per heavy atom. The summed E-state index contributed by atoms with van der Waals surface area (Å²) in [5, 5.41) is 10.1. The van der Waals surface area contributed by atoms with Crippen molar-refractivity contribution < 1.29 is 23.9 Å². The number of hydrogen-bond acceptors (Lipinski definition) is 7. The zero-order valence-corrected chi connectivity index (χ0v) is 12.2. The summed E-state index contributed by atoms with van der Waals surface area (Å²) in [5.74, 6) is -1.39. The number of ether oxygens (including phenoxy) is 2. The fourth-order valence-electron chi connectivity index (χ4n) is 1.64. The molecule has 0 aliphatic heterocycles. The van der Waals surface area contributed by atoms with Crippen LogP contribution in [-0.4, -0.2) is 53.6 Å². The van der Waals surface area contributed by atoms with E-state index in [2.05, 4.69) is 25.1 Å². The molecule has 0 aliphatic carbocycles. The van der Waals surface area contributed by atoms with Crippen LogP contribution in [0.1, 0.15) is 29.5 Å². The molecule has 0 aliphatic rings. The molecule has 0 unspecified atom stereocenters.